The second kappa shape index (κ2) is 11.0. The van der Waals surface area contributed by atoms with Crippen LogP contribution in [-0.2, 0) is 22.4 Å². The fourth-order valence-electron chi connectivity index (χ4n) is 4.59. The van der Waals surface area contributed by atoms with Crippen LogP contribution in [0.5, 0.6) is 0 Å². The molecule has 0 saturated heterocycles. The summed E-state index contributed by atoms with van der Waals surface area (Å²) in [5.74, 6) is -0.112. The van der Waals surface area contributed by atoms with Crippen molar-refractivity contribution in [3.63, 3.8) is 0 Å². The van der Waals surface area contributed by atoms with Gasteiger partial charge >= 0.3 is 0 Å². The summed E-state index contributed by atoms with van der Waals surface area (Å²) in [6, 6.07) is 18.1. The van der Waals surface area contributed by atoms with Gasteiger partial charge in [0.15, 0.2) is 0 Å². The maximum absolute atomic E-state index is 13.6. The zero-order valence-electron chi connectivity index (χ0n) is 19.7. The average molecular weight is 479 g/mol. The monoisotopic (exact) mass is 478 g/mol. The van der Waals surface area contributed by atoms with E-state index in [-0.39, 0.29) is 36.1 Å². The third-order valence-corrected chi connectivity index (χ3v) is 7.20. The summed E-state index contributed by atoms with van der Waals surface area (Å²) in [5.41, 5.74) is 3.10. The van der Waals surface area contributed by atoms with Gasteiger partial charge in [-0.3, -0.25) is 9.59 Å². The topological polar surface area (TPSA) is 40.6 Å². The first-order chi connectivity index (χ1) is 16.4. The van der Waals surface area contributed by atoms with Crippen LogP contribution in [0.1, 0.15) is 47.9 Å². The van der Waals surface area contributed by atoms with Crippen molar-refractivity contribution < 1.29 is 14.0 Å². The molecular weight excluding hydrogens is 447 g/mol. The van der Waals surface area contributed by atoms with E-state index in [2.05, 4.69) is 19.9 Å². The Balaban J connectivity index is 1.52. The number of nitrogens with zero attached hydrogens (tertiary/aromatic N) is 2. The largest absolute Gasteiger partial charge is 0.333 e. The van der Waals surface area contributed by atoms with Crippen LogP contribution < -0.4 is 0 Å². The SMILES string of the molecule is CC(C)CN(CC(=O)N1CCc2sccc2C1c1ccc(F)cc1)C(=O)CCc1ccccc1. The highest BCUT2D eigenvalue weighted by Crippen LogP contribution is 2.38. The molecule has 1 aromatic heterocycles. The fraction of sp³-hybridized carbons (Fsp3) is 0.357. The average Bonchev–Trinajstić information content (AvgIpc) is 3.31. The summed E-state index contributed by atoms with van der Waals surface area (Å²) >= 11 is 1.70. The molecule has 0 saturated carbocycles. The van der Waals surface area contributed by atoms with E-state index in [1.807, 2.05) is 40.6 Å². The van der Waals surface area contributed by atoms with Crippen LogP contribution in [0, 0.1) is 11.7 Å². The lowest BCUT2D eigenvalue weighted by Gasteiger charge is -2.38. The molecule has 0 N–H and O–H groups in total. The molecule has 2 amide bonds. The second-order valence-electron chi connectivity index (χ2n) is 9.24. The number of benzene rings is 2. The Bertz CT molecular complexity index is 1110. The molecule has 0 bridgehead atoms. The lowest BCUT2D eigenvalue weighted by Crippen LogP contribution is -2.47. The Morgan fingerprint density at radius 2 is 1.82 bits per heavy atom. The number of carbonyl (C=O) groups excluding carboxylic acids is 2. The number of hydrogen-bond acceptors (Lipinski definition) is 3. The van der Waals surface area contributed by atoms with E-state index in [1.165, 1.54) is 17.0 Å². The van der Waals surface area contributed by atoms with Crippen LogP contribution in [0.4, 0.5) is 4.39 Å². The van der Waals surface area contributed by atoms with Crippen LogP contribution in [0.15, 0.2) is 66.0 Å². The van der Waals surface area contributed by atoms with E-state index in [9.17, 15) is 14.0 Å². The van der Waals surface area contributed by atoms with Gasteiger partial charge in [0.1, 0.15) is 5.82 Å². The smallest absolute Gasteiger partial charge is 0.242 e. The van der Waals surface area contributed by atoms with Crippen molar-refractivity contribution in [3.05, 3.63) is 93.4 Å². The molecule has 34 heavy (non-hydrogen) atoms. The van der Waals surface area contributed by atoms with E-state index in [0.717, 1.165) is 23.1 Å². The summed E-state index contributed by atoms with van der Waals surface area (Å²) in [6.07, 6.45) is 1.82. The maximum atomic E-state index is 13.6. The molecule has 4 nitrogen and oxygen atoms in total. The Morgan fingerprint density at radius 1 is 1.09 bits per heavy atom. The number of thiophene rings is 1. The highest BCUT2D eigenvalue weighted by Gasteiger charge is 2.34. The first-order valence-corrected chi connectivity index (χ1v) is 12.7. The van der Waals surface area contributed by atoms with Crippen LogP contribution in [0.2, 0.25) is 0 Å². The molecule has 1 aliphatic rings. The van der Waals surface area contributed by atoms with Crippen LogP contribution in [0.3, 0.4) is 0 Å². The van der Waals surface area contributed by atoms with Crippen molar-refractivity contribution in [1.29, 1.82) is 0 Å². The number of carbonyl (C=O) groups is 2. The lowest BCUT2D eigenvalue weighted by molar-refractivity contribution is -0.142. The van der Waals surface area contributed by atoms with E-state index >= 15 is 0 Å². The van der Waals surface area contributed by atoms with Gasteiger partial charge in [-0.25, -0.2) is 4.39 Å². The van der Waals surface area contributed by atoms with Crippen molar-refractivity contribution in [2.45, 2.75) is 39.2 Å². The molecule has 1 aliphatic heterocycles. The number of amides is 2. The summed E-state index contributed by atoms with van der Waals surface area (Å²) in [6.45, 7) is 5.30. The zero-order valence-corrected chi connectivity index (χ0v) is 20.6. The number of fused-ring (bicyclic) bond motifs is 1. The molecule has 2 aromatic carbocycles. The predicted molar refractivity (Wildman–Crippen MR) is 134 cm³/mol. The Morgan fingerprint density at radius 3 is 2.53 bits per heavy atom. The molecule has 178 valence electrons. The first-order valence-electron chi connectivity index (χ1n) is 11.8. The van der Waals surface area contributed by atoms with Crippen molar-refractivity contribution in [2.24, 2.45) is 5.92 Å². The molecule has 1 atom stereocenters. The molecule has 4 rings (SSSR count). The minimum Gasteiger partial charge on any atom is -0.333 e. The van der Waals surface area contributed by atoms with E-state index in [0.29, 0.717) is 25.9 Å². The lowest BCUT2D eigenvalue weighted by atomic mass is 9.93. The minimum absolute atomic E-state index is 0.00235. The summed E-state index contributed by atoms with van der Waals surface area (Å²) < 4.78 is 13.6. The van der Waals surface area contributed by atoms with Gasteiger partial charge in [0, 0.05) is 24.4 Å². The maximum Gasteiger partial charge on any atom is 0.242 e. The molecule has 0 spiro atoms. The molecule has 1 unspecified atom stereocenters. The highest BCUT2D eigenvalue weighted by molar-refractivity contribution is 7.10. The van der Waals surface area contributed by atoms with Crippen LogP contribution in [-0.4, -0.2) is 41.2 Å². The van der Waals surface area contributed by atoms with Crippen LogP contribution in [0.25, 0.3) is 0 Å². The number of rotatable bonds is 8. The molecular formula is C28H31FN2O2S. The number of hydrogen-bond donors (Lipinski definition) is 0. The van der Waals surface area contributed by atoms with Gasteiger partial charge in [0.25, 0.3) is 0 Å². The Kier molecular flexibility index (Phi) is 7.78. The van der Waals surface area contributed by atoms with Crippen molar-refractivity contribution in [2.75, 3.05) is 19.6 Å². The van der Waals surface area contributed by atoms with Gasteiger partial charge < -0.3 is 9.80 Å². The van der Waals surface area contributed by atoms with Gasteiger partial charge in [0.05, 0.1) is 12.6 Å². The minimum atomic E-state index is -0.296. The predicted octanol–water partition coefficient (Wildman–Crippen LogP) is 5.48. The molecule has 2 heterocycles. The van der Waals surface area contributed by atoms with E-state index in [4.69, 9.17) is 0 Å². The quantitative estimate of drug-likeness (QED) is 0.430. The normalized spacial score (nSPS) is 15.3. The molecule has 6 heteroatoms. The van der Waals surface area contributed by atoms with Crippen molar-refractivity contribution in [3.8, 4) is 0 Å². The molecule has 0 aliphatic carbocycles. The van der Waals surface area contributed by atoms with Gasteiger partial charge in [-0.05, 0) is 59.0 Å². The molecule has 0 radical (unpaired) electrons. The van der Waals surface area contributed by atoms with Gasteiger partial charge in [-0.1, -0.05) is 56.3 Å². The van der Waals surface area contributed by atoms with Gasteiger partial charge in [-0.2, -0.15) is 0 Å². The third-order valence-electron chi connectivity index (χ3n) is 6.21. The van der Waals surface area contributed by atoms with Gasteiger partial charge in [-0.15, -0.1) is 11.3 Å². The Labute approximate surface area is 205 Å². The fourth-order valence-corrected chi connectivity index (χ4v) is 5.50. The Hall–Kier alpha value is -2.99. The molecule has 3 aromatic rings. The third kappa shape index (κ3) is 5.73. The summed E-state index contributed by atoms with van der Waals surface area (Å²) in [5, 5.41) is 2.05. The number of halogens is 1. The van der Waals surface area contributed by atoms with Crippen molar-refractivity contribution >= 4 is 23.2 Å². The van der Waals surface area contributed by atoms with Crippen LogP contribution >= 0.6 is 11.3 Å². The highest BCUT2D eigenvalue weighted by atomic mass is 32.1. The summed E-state index contributed by atoms with van der Waals surface area (Å²) in [4.78, 5) is 31.6. The van der Waals surface area contributed by atoms with Gasteiger partial charge in [0.2, 0.25) is 11.8 Å². The summed E-state index contributed by atoms with van der Waals surface area (Å²) in [7, 11) is 0. The molecule has 0 fully saturated rings. The first kappa shape index (κ1) is 24.1. The van der Waals surface area contributed by atoms with E-state index < -0.39 is 0 Å². The van der Waals surface area contributed by atoms with Crippen molar-refractivity contribution in [1.82, 2.24) is 9.80 Å². The standard InChI is InChI=1S/C28H31FN2O2S/c1-20(2)18-30(26(32)13-8-21-6-4-3-5-7-21)19-27(33)31-16-14-25-24(15-17-34-25)28(31)22-9-11-23(29)12-10-22/h3-7,9-12,15,17,20,28H,8,13-14,16,18-19H2,1-2H3. The zero-order chi connectivity index (χ0) is 24.1. The van der Waals surface area contributed by atoms with E-state index in [1.54, 1.807) is 28.4 Å². The number of aryl methyl sites for hydroxylation is 1. The second-order valence-corrected chi connectivity index (χ2v) is 10.2.